The van der Waals surface area contributed by atoms with Crippen LogP contribution in [0.5, 0.6) is 5.75 Å². The third kappa shape index (κ3) is 6.21. The Kier molecular flexibility index (Phi) is 7.30. The minimum absolute atomic E-state index is 0.205. The number of amides is 1. The number of rotatable bonds is 11. The van der Waals surface area contributed by atoms with Crippen LogP contribution < -0.4 is 20.7 Å². The predicted octanol–water partition coefficient (Wildman–Crippen LogP) is 4.83. The fourth-order valence-corrected chi connectivity index (χ4v) is 4.54. The van der Waals surface area contributed by atoms with Crippen LogP contribution in [0.4, 0.5) is 17.5 Å². The first-order valence-electron chi connectivity index (χ1n) is 12.9. The molecule has 2 aliphatic rings. The number of hydrogen-bond acceptors (Lipinski definition) is 7. The maximum atomic E-state index is 11.7. The second kappa shape index (κ2) is 10.9. The molecule has 2 aromatic heterocycles. The van der Waals surface area contributed by atoms with Crippen LogP contribution in [0.25, 0.3) is 11.2 Å². The van der Waals surface area contributed by atoms with Gasteiger partial charge in [0.05, 0.1) is 12.9 Å². The number of hydrogen-bond donors (Lipinski definition) is 4. The smallest absolute Gasteiger partial charge is 0.231 e. The van der Waals surface area contributed by atoms with Crippen molar-refractivity contribution in [2.45, 2.75) is 70.8 Å². The highest BCUT2D eigenvalue weighted by Gasteiger charge is 2.28. The zero-order valence-electron chi connectivity index (χ0n) is 20.4. The molecular weight excluding hydrogens is 442 g/mol. The van der Waals surface area contributed by atoms with E-state index in [-0.39, 0.29) is 11.8 Å². The van der Waals surface area contributed by atoms with E-state index in [2.05, 4.69) is 30.9 Å². The molecule has 4 N–H and O–H groups in total. The highest BCUT2D eigenvalue weighted by molar-refractivity contribution is 5.84. The number of aromatic amines is 1. The third-order valence-electron chi connectivity index (χ3n) is 6.76. The number of ether oxygens (including phenoxy) is 1. The Hall–Kier alpha value is -3.36. The van der Waals surface area contributed by atoms with E-state index in [1.54, 1.807) is 6.33 Å². The van der Waals surface area contributed by atoms with E-state index < -0.39 is 0 Å². The van der Waals surface area contributed by atoms with Crippen molar-refractivity contribution in [2.75, 3.05) is 23.8 Å². The SMILES string of the molecule is Cc1cc(OCCCCNC(=O)C2CC2)ccc1Nc1nc(NC2CCCCC2)c2[nH]cnc2n1. The summed E-state index contributed by atoms with van der Waals surface area (Å²) in [5.74, 6) is 2.63. The van der Waals surface area contributed by atoms with Crippen LogP contribution in [0.15, 0.2) is 24.5 Å². The topological polar surface area (TPSA) is 117 Å². The molecule has 5 rings (SSSR count). The number of nitrogens with zero attached hydrogens (tertiary/aromatic N) is 3. The lowest BCUT2D eigenvalue weighted by atomic mass is 9.95. The van der Waals surface area contributed by atoms with Crippen molar-refractivity contribution in [1.82, 2.24) is 25.3 Å². The second-order valence-corrected chi connectivity index (χ2v) is 9.70. The summed E-state index contributed by atoms with van der Waals surface area (Å²) < 4.78 is 5.91. The van der Waals surface area contributed by atoms with Gasteiger partial charge >= 0.3 is 0 Å². The van der Waals surface area contributed by atoms with Crippen molar-refractivity contribution in [1.29, 1.82) is 0 Å². The van der Waals surface area contributed by atoms with Crippen LogP contribution in [0.2, 0.25) is 0 Å². The second-order valence-electron chi connectivity index (χ2n) is 9.70. The van der Waals surface area contributed by atoms with Gasteiger partial charge in [-0.1, -0.05) is 19.3 Å². The molecule has 2 heterocycles. The number of aromatic nitrogens is 4. The number of unbranched alkanes of at least 4 members (excludes halogenated alkanes) is 1. The molecule has 9 nitrogen and oxygen atoms in total. The largest absolute Gasteiger partial charge is 0.494 e. The van der Waals surface area contributed by atoms with Crippen LogP contribution in [0.1, 0.15) is 63.4 Å². The average Bonchev–Trinajstić information content (AvgIpc) is 3.61. The highest BCUT2D eigenvalue weighted by atomic mass is 16.5. The summed E-state index contributed by atoms with van der Waals surface area (Å²) >= 11 is 0. The van der Waals surface area contributed by atoms with Gasteiger partial charge in [0, 0.05) is 24.2 Å². The first kappa shape index (κ1) is 23.4. The van der Waals surface area contributed by atoms with Crippen LogP contribution in [-0.4, -0.2) is 45.0 Å². The zero-order chi connectivity index (χ0) is 24.0. The van der Waals surface area contributed by atoms with E-state index in [9.17, 15) is 4.79 Å². The number of fused-ring (bicyclic) bond motifs is 1. The molecule has 2 saturated carbocycles. The van der Waals surface area contributed by atoms with Gasteiger partial charge in [-0.05, 0) is 69.2 Å². The molecule has 0 bridgehead atoms. The van der Waals surface area contributed by atoms with E-state index in [4.69, 9.17) is 9.72 Å². The monoisotopic (exact) mass is 477 g/mol. The van der Waals surface area contributed by atoms with E-state index in [0.717, 1.165) is 73.4 Å². The van der Waals surface area contributed by atoms with Gasteiger partial charge in [-0.3, -0.25) is 4.79 Å². The summed E-state index contributed by atoms with van der Waals surface area (Å²) in [5.41, 5.74) is 3.46. The van der Waals surface area contributed by atoms with Crippen molar-refractivity contribution < 1.29 is 9.53 Å². The zero-order valence-corrected chi connectivity index (χ0v) is 20.4. The van der Waals surface area contributed by atoms with Gasteiger partial charge < -0.3 is 25.7 Å². The minimum Gasteiger partial charge on any atom is -0.494 e. The Balaban J connectivity index is 1.16. The number of H-pyrrole nitrogens is 1. The number of imidazole rings is 1. The van der Waals surface area contributed by atoms with Gasteiger partial charge in [-0.25, -0.2) is 4.98 Å². The van der Waals surface area contributed by atoms with Gasteiger partial charge in [0.25, 0.3) is 0 Å². The van der Waals surface area contributed by atoms with Crippen molar-refractivity contribution in [3.8, 4) is 5.75 Å². The third-order valence-corrected chi connectivity index (χ3v) is 6.76. The average molecular weight is 478 g/mol. The van der Waals surface area contributed by atoms with Gasteiger partial charge in [0.15, 0.2) is 11.5 Å². The van der Waals surface area contributed by atoms with Crippen LogP contribution >= 0.6 is 0 Å². The van der Waals surface area contributed by atoms with Gasteiger partial charge in [-0.2, -0.15) is 9.97 Å². The Morgan fingerprint density at radius 1 is 1.11 bits per heavy atom. The summed E-state index contributed by atoms with van der Waals surface area (Å²) in [6, 6.07) is 6.40. The lowest BCUT2D eigenvalue weighted by Crippen LogP contribution is -2.25. The van der Waals surface area contributed by atoms with Crippen molar-refractivity contribution in [3.63, 3.8) is 0 Å². The molecule has 186 valence electrons. The van der Waals surface area contributed by atoms with Crippen LogP contribution in [0, 0.1) is 12.8 Å². The molecule has 0 saturated heterocycles. The van der Waals surface area contributed by atoms with E-state index in [0.29, 0.717) is 24.2 Å². The fourth-order valence-electron chi connectivity index (χ4n) is 4.54. The fraction of sp³-hybridized carbons (Fsp3) is 0.538. The molecule has 1 aromatic carbocycles. The molecule has 3 aromatic rings. The molecular formula is C26H35N7O2. The molecule has 2 fully saturated rings. The Morgan fingerprint density at radius 2 is 1.97 bits per heavy atom. The summed E-state index contributed by atoms with van der Waals surface area (Å²) in [6.07, 6.45) is 11.7. The molecule has 35 heavy (non-hydrogen) atoms. The first-order chi connectivity index (χ1) is 17.2. The first-order valence-corrected chi connectivity index (χ1v) is 12.9. The minimum atomic E-state index is 0.205. The summed E-state index contributed by atoms with van der Waals surface area (Å²) in [7, 11) is 0. The highest BCUT2D eigenvalue weighted by Crippen LogP contribution is 2.29. The van der Waals surface area contributed by atoms with Gasteiger partial charge in [-0.15, -0.1) is 0 Å². The number of carbonyl (C=O) groups excluding carboxylic acids is 1. The molecule has 1 amide bonds. The maximum Gasteiger partial charge on any atom is 0.231 e. The molecule has 9 heteroatoms. The number of carbonyl (C=O) groups is 1. The molecule has 0 spiro atoms. The van der Waals surface area contributed by atoms with E-state index in [1.807, 2.05) is 25.1 Å². The predicted molar refractivity (Wildman–Crippen MR) is 137 cm³/mol. The molecule has 0 aliphatic heterocycles. The molecule has 2 aliphatic carbocycles. The van der Waals surface area contributed by atoms with Crippen LogP contribution in [0.3, 0.4) is 0 Å². The quantitative estimate of drug-likeness (QED) is 0.292. The maximum absolute atomic E-state index is 11.7. The number of aryl methyl sites for hydroxylation is 1. The summed E-state index contributed by atoms with van der Waals surface area (Å²) in [5, 5.41) is 9.96. The van der Waals surface area contributed by atoms with Crippen LogP contribution in [-0.2, 0) is 4.79 Å². The van der Waals surface area contributed by atoms with E-state index >= 15 is 0 Å². The molecule has 0 atom stereocenters. The standard InChI is InChI=1S/C26H35N7O2/c1-17-15-20(35-14-6-5-13-27-25(34)18-9-10-18)11-12-21(17)31-26-32-23-22(28-16-29-23)24(33-26)30-19-7-3-2-4-8-19/h11-12,15-16,18-19H,2-10,13-14H2,1H3,(H,27,34)(H3,28,29,30,31,32,33). The van der Waals surface area contributed by atoms with E-state index in [1.165, 1.54) is 19.3 Å². The lowest BCUT2D eigenvalue weighted by molar-refractivity contribution is -0.122. The summed E-state index contributed by atoms with van der Waals surface area (Å²) in [4.78, 5) is 28.5. The molecule has 0 radical (unpaired) electrons. The number of benzene rings is 1. The molecule has 0 unspecified atom stereocenters. The van der Waals surface area contributed by atoms with Gasteiger partial charge in [0.2, 0.25) is 11.9 Å². The Labute approximate surface area is 205 Å². The number of nitrogens with one attached hydrogen (secondary N) is 4. The lowest BCUT2D eigenvalue weighted by Gasteiger charge is -2.23. The van der Waals surface area contributed by atoms with Crippen molar-refractivity contribution in [3.05, 3.63) is 30.1 Å². The normalized spacial score (nSPS) is 16.3. The Bertz CT molecular complexity index is 1150. The van der Waals surface area contributed by atoms with Crippen molar-refractivity contribution >= 4 is 34.5 Å². The summed E-state index contributed by atoms with van der Waals surface area (Å²) in [6.45, 7) is 3.38. The van der Waals surface area contributed by atoms with Gasteiger partial charge in [0.1, 0.15) is 11.3 Å². The number of anilines is 3. The Morgan fingerprint density at radius 3 is 2.77 bits per heavy atom. The van der Waals surface area contributed by atoms with Crippen molar-refractivity contribution in [2.24, 2.45) is 5.92 Å².